The summed E-state index contributed by atoms with van der Waals surface area (Å²) >= 11 is 5.38. The highest BCUT2D eigenvalue weighted by atomic mass is 32.1. The van der Waals surface area contributed by atoms with Gasteiger partial charge in [0.05, 0.1) is 28.8 Å². The molecule has 5 aromatic rings. The fraction of sp³-hybridized carbons (Fsp3) is 0.0270. The molecule has 1 aliphatic heterocycles. The van der Waals surface area contributed by atoms with Crippen molar-refractivity contribution in [2.75, 3.05) is 17.2 Å². The number of thiocarbonyl (C=S) groups is 1. The van der Waals surface area contributed by atoms with Gasteiger partial charge in [-0.3, -0.25) is 9.59 Å². The monoisotopic (exact) mass is 729 g/mol. The average molecular weight is 730 g/mol. The topological polar surface area (TPSA) is 241 Å². The number of amides is 1. The molecule has 15 nitrogen and oxygen atoms in total. The van der Waals surface area contributed by atoms with E-state index in [1.54, 1.807) is 30.3 Å². The van der Waals surface area contributed by atoms with Crippen molar-refractivity contribution in [3.8, 4) is 28.2 Å². The van der Waals surface area contributed by atoms with E-state index in [-0.39, 0.29) is 73.5 Å². The Morgan fingerprint density at radius 3 is 2.15 bits per heavy atom. The maximum absolute atomic E-state index is 13.1. The van der Waals surface area contributed by atoms with Crippen LogP contribution in [0.25, 0.3) is 55.2 Å². The number of nitrogens with one attached hydrogen (secondary N) is 3. The zero-order valence-corrected chi connectivity index (χ0v) is 27.6. The number of aromatic hydroxyl groups is 1. The number of hydrogen-bond donors (Lipinski definition) is 7. The van der Waals surface area contributed by atoms with E-state index in [0.29, 0.717) is 32.8 Å². The summed E-state index contributed by atoms with van der Waals surface area (Å²) in [4.78, 5) is 69.2. The number of aromatic carboxylic acids is 3. The number of phenolic OH excluding ortho intramolecular Hbond substituents is 1. The second-order valence-corrected chi connectivity index (χ2v) is 12.0. The van der Waals surface area contributed by atoms with E-state index in [1.807, 2.05) is 0 Å². The Hall–Kier alpha value is -7.46. The first-order valence-corrected chi connectivity index (χ1v) is 15.9. The number of benzene rings is 4. The van der Waals surface area contributed by atoms with Crippen LogP contribution >= 0.6 is 12.2 Å². The molecule has 0 atom stereocenters. The van der Waals surface area contributed by atoms with Crippen LogP contribution in [0.5, 0.6) is 5.75 Å². The number of carboxylic acid groups (broad SMARTS) is 3. The minimum atomic E-state index is -1.31. The first-order valence-electron chi connectivity index (χ1n) is 15.5. The van der Waals surface area contributed by atoms with E-state index >= 15 is 0 Å². The summed E-state index contributed by atoms with van der Waals surface area (Å²) < 4.78 is 5.87. The summed E-state index contributed by atoms with van der Waals surface area (Å²) in [5.41, 5.74) is 1.23. The van der Waals surface area contributed by atoms with E-state index < -0.39 is 23.8 Å². The van der Waals surface area contributed by atoms with Crippen LogP contribution in [0.4, 0.5) is 11.4 Å². The van der Waals surface area contributed by atoms with Crippen molar-refractivity contribution in [2.24, 2.45) is 0 Å². The molecule has 3 heterocycles. The van der Waals surface area contributed by atoms with Crippen LogP contribution in [0.2, 0.25) is 0 Å². The second-order valence-electron chi connectivity index (χ2n) is 11.6. The van der Waals surface area contributed by atoms with E-state index in [9.17, 15) is 44.4 Å². The number of anilines is 2. The van der Waals surface area contributed by atoms with Crippen molar-refractivity contribution in [1.29, 1.82) is 0 Å². The Bertz CT molecular complexity index is 2760. The molecule has 1 aliphatic carbocycles. The van der Waals surface area contributed by atoms with Gasteiger partial charge in [-0.05, 0) is 78.4 Å². The lowest BCUT2D eigenvalue weighted by Gasteiger charge is -2.18. The summed E-state index contributed by atoms with van der Waals surface area (Å²) in [6, 6.07) is 20.0. The number of rotatable bonds is 8. The summed E-state index contributed by atoms with van der Waals surface area (Å²) in [6.07, 6.45) is 0. The SMILES string of the molecule is O=C(CNC(=S)Nc1ccc(-c2c3ccc(=O)cc-3oc3cc(O)ccc23)c(C(=O)O)c1)Nc1cc2ccc(C(=O)O)nc2c2nc(C(=O)O)ccc12. The van der Waals surface area contributed by atoms with Gasteiger partial charge in [0, 0.05) is 45.1 Å². The molecule has 0 radical (unpaired) electrons. The highest BCUT2D eigenvalue weighted by Crippen LogP contribution is 2.42. The molecule has 2 aromatic heterocycles. The molecule has 0 bridgehead atoms. The Kier molecular flexibility index (Phi) is 8.56. The van der Waals surface area contributed by atoms with Crippen LogP contribution < -0.4 is 21.4 Å². The number of carboxylic acids is 3. The summed E-state index contributed by atoms with van der Waals surface area (Å²) in [5.74, 6) is -4.29. The van der Waals surface area contributed by atoms with Gasteiger partial charge >= 0.3 is 17.9 Å². The van der Waals surface area contributed by atoms with Crippen LogP contribution in [-0.2, 0) is 4.79 Å². The molecule has 0 saturated heterocycles. The molecule has 53 heavy (non-hydrogen) atoms. The third kappa shape index (κ3) is 6.60. The highest BCUT2D eigenvalue weighted by molar-refractivity contribution is 7.80. The Morgan fingerprint density at radius 2 is 1.42 bits per heavy atom. The molecule has 3 aromatic carbocycles. The predicted octanol–water partition coefficient (Wildman–Crippen LogP) is 5.39. The zero-order chi connectivity index (χ0) is 37.6. The van der Waals surface area contributed by atoms with Gasteiger partial charge in [0.2, 0.25) is 5.91 Å². The maximum Gasteiger partial charge on any atom is 0.354 e. The van der Waals surface area contributed by atoms with Gasteiger partial charge in [-0.25, -0.2) is 24.4 Å². The van der Waals surface area contributed by atoms with E-state index in [1.165, 1.54) is 54.6 Å². The molecule has 0 fully saturated rings. The van der Waals surface area contributed by atoms with Crippen LogP contribution in [-0.4, -0.2) is 65.9 Å². The normalized spacial score (nSPS) is 11.1. The smallest absolute Gasteiger partial charge is 0.354 e. The molecule has 0 spiro atoms. The molecule has 0 unspecified atom stereocenters. The maximum atomic E-state index is 13.1. The van der Waals surface area contributed by atoms with Crippen molar-refractivity contribution >= 4 is 85.3 Å². The Morgan fingerprint density at radius 1 is 0.717 bits per heavy atom. The summed E-state index contributed by atoms with van der Waals surface area (Å²) in [6.45, 7) is -0.341. The minimum absolute atomic E-state index is 0.0152. The number of pyridine rings is 2. The zero-order valence-electron chi connectivity index (χ0n) is 26.8. The van der Waals surface area contributed by atoms with Crippen molar-refractivity contribution in [3.63, 3.8) is 0 Å². The van der Waals surface area contributed by atoms with Crippen molar-refractivity contribution in [1.82, 2.24) is 15.3 Å². The minimum Gasteiger partial charge on any atom is -0.508 e. The van der Waals surface area contributed by atoms with E-state index in [2.05, 4.69) is 25.9 Å². The van der Waals surface area contributed by atoms with Gasteiger partial charge in [0.15, 0.2) is 10.5 Å². The van der Waals surface area contributed by atoms with Gasteiger partial charge < -0.3 is 40.8 Å². The molecular formula is C37H23N5O10S. The molecule has 1 amide bonds. The third-order valence-corrected chi connectivity index (χ3v) is 8.46. The first-order chi connectivity index (χ1) is 25.4. The van der Waals surface area contributed by atoms with Gasteiger partial charge in [0.1, 0.15) is 28.5 Å². The molecule has 2 aliphatic rings. The second kappa shape index (κ2) is 13.3. The summed E-state index contributed by atoms with van der Waals surface area (Å²) in [7, 11) is 0. The molecule has 0 saturated carbocycles. The molecule has 7 N–H and O–H groups in total. The molecular weight excluding hydrogens is 706 g/mol. The predicted molar refractivity (Wildman–Crippen MR) is 197 cm³/mol. The van der Waals surface area contributed by atoms with Crippen LogP contribution in [0.1, 0.15) is 31.3 Å². The van der Waals surface area contributed by atoms with Crippen molar-refractivity contribution < 1.29 is 44.0 Å². The van der Waals surface area contributed by atoms with E-state index in [0.717, 1.165) is 0 Å². The lowest BCUT2D eigenvalue weighted by molar-refractivity contribution is -0.115. The number of fused-ring (bicyclic) bond motifs is 5. The van der Waals surface area contributed by atoms with Crippen LogP contribution in [0, 0.1) is 0 Å². The average Bonchev–Trinajstić information content (AvgIpc) is 3.12. The summed E-state index contributed by atoms with van der Waals surface area (Å²) in [5, 5.41) is 48.7. The number of aromatic nitrogens is 2. The standard InChI is InChI=1S/C37H23N5O10S/c43-18-3-6-22-28(13-18)52-29-14-19(44)4-7-23(29)31(22)20-5-2-17(12-24(20)34(46)47)39-37(53)38-15-30(45)40-27-11-16-1-9-25(35(48)49)41-32(16)33-21(27)8-10-26(42-33)36(50)51/h1-14,43H,15H2,(H,40,45)(H,46,47)(H,48,49)(H,50,51)(H2,38,39,53). The lowest BCUT2D eigenvalue weighted by atomic mass is 9.90. The van der Waals surface area contributed by atoms with Crippen molar-refractivity contribution in [2.45, 2.75) is 0 Å². The van der Waals surface area contributed by atoms with Crippen molar-refractivity contribution in [3.05, 3.63) is 112 Å². The van der Waals surface area contributed by atoms with E-state index in [4.69, 9.17) is 16.6 Å². The molecule has 262 valence electrons. The van der Waals surface area contributed by atoms with Gasteiger partial charge in [-0.15, -0.1) is 0 Å². The van der Waals surface area contributed by atoms with Crippen LogP contribution in [0.3, 0.4) is 0 Å². The Balaban J connectivity index is 1.13. The highest BCUT2D eigenvalue weighted by Gasteiger charge is 2.23. The number of carbonyl (C=O) groups is 4. The largest absolute Gasteiger partial charge is 0.508 e. The Labute approximate surface area is 301 Å². The van der Waals surface area contributed by atoms with Gasteiger partial charge in [0.25, 0.3) is 0 Å². The number of hydrogen-bond acceptors (Lipinski definition) is 10. The number of phenols is 1. The number of carbonyl (C=O) groups excluding carboxylic acids is 1. The van der Waals surface area contributed by atoms with Crippen LogP contribution in [0.15, 0.2) is 94.1 Å². The molecule has 16 heteroatoms. The van der Waals surface area contributed by atoms with Gasteiger partial charge in [-0.1, -0.05) is 12.1 Å². The fourth-order valence-corrected chi connectivity index (χ4v) is 6.09. The first kappa shape index (κ1) is 34.0. The lowest BCUT2D eigenvalue weighted by Crippen LogP contribution is -2.35. The van der Waals surface area contributed by atoms with Gasteiger partial charge in [-0.2, -0.15) is 0 Å². The molecule has 7 rings (SSSR count). The number of nitrogens with zero attached hydrogens (tertiary/aromatic N) is 2. The fourth-order valence-electron chi connectivity index (χ4n) is 5.90. The quantitative estimate of drug-likeness (QED) is 0.0590. The third-order valence-electron chi connectivity index (χ3n) is 8.21.